The topological polar surface area (TPSA) is 12.0 Å². The Balaban J connectivity index is 2.37. The largest absolute Gasteiger partial charge is 0.316 e. The fraction of sp³-hybridized carbons (Fsp3) is 0.882. The summed E-state index contributed by atoms with van der Waals surface area (Å²) in [5.41, 5.74) is 1.35. The van der Waals surface area contributed by atoms with Crippen molar-refractivity contribution in [1.29, 1.82) is 0 Å². The zero-order valence-electron chi connectivity index (χ0n) is 13.0. The van der Waals surface area contributed by atoms with Crippen LogP contribution in [0.2, 0.25) is 0 Å². The van der Waals surface area contributed by atoms with Gasteiger partial charge >= 0.3 is 0 Å². The molecule has 0 aromatic rings. The van der Waals surface area contributed by atoms with Crippen LogP contribution in [-0.4, -0.2) is 13.1 Å². The maximum atomic E-state index is 4.05. The fourth-order valence-electron chi connectivity index (χ4n) is 3.17. The van der Waals surface area contributed by atoms with Crippen LogP contribution in [0.25, 0.3) is 0 Å². The van der Waals surface area contributed by atoms with E-state index in [1.54, 1.807) is 0 Å². The number of allylic oxidation sites excluding steroid dienone is 1. The minimum absolute atomic E-state index is 0.765. The van der Waals surface area contributed by atoms with Gasteiger partial charge in [0.2, 0.25) is 0 Å². The molecule has 0 aromatic heterocycles. The van der Waals surface area contributed by atoms with Gasteiger partial charge in [-0.15, -0.1) is 6.58 Å². The van der Waals surface area contributed by atoms with E-state index in [-0.39, 0.29) is 0 Å². The van der Waals surface area contributed by atoms with Crippen molar-refractivity contribution in [2.24, 2.45) is 23.7 Å². The molecule has 1 aliphatic carbocycles. The highest BCUT2D eigenvalue weighted by atomic mass is 14.9. The van der Waals surface area contributed by atoms with Crippen molar-refractivity contribution in [1.82, 2.24) is 5.32 Å². The first-order chi connectivity index (χ1) is 8.49. The quantitative estimate of drug-likeness (QED) is 0.650. The molecule has 1 fully saturated rings. The van der Waals surface area contributed by atoms with Gasteiger partial charge in [0.25, 0.3) is 0 Å². The summed E-state index contributed by atoms with van der Waals surface area (Å²) in [5.74, 6) is 3.52. The van der Waals surface area contributed by atoms with E-state index >= 15 is 0 Å². The van der Waals surface area contributed by atoms with Crippen molar-refractivity contribution in [2.45, 2.75) is 59.8 Å². The molecule has 0 bridgehead atoms. The molecule has 3 atom stereocenters. The molecule has 18 heavy (non-hydrogen) atoms. The lowest BCUT2D eigenvalue weighted by Crippen LogP contribution is -2.34. The maximum Gasteiger partial charge on any atom is -0.00178 e. The number of hydrogen-bond acceptors (Lipinski definition) is 1. The van der Waals surface area contributed by atoms with Crippen LogP contribution in [0.15, 0.2) is 12.2 Å². The fourth-order valence-corrected chi connectivity index (χ4v) is 3.17. The Labute approximate surface area is 114 Å². The Kier molecular flexibility index (Phi) is 6.99. The number of nitrogens with one attached hydrogen (secondary N) is 1. The Hall–Kier alpha value is -0.300. The van der Waals surface area contributed by atoms with Gasteiger partial charge in [-0.3, -0.25) is 0 Å². The van der Waals surface area contributed by atoms with Crippen LogP contribution >= 0.6 is 0 Å². The van der Waals surface area contributed by atoms with Crippen molar-refractivity contribution < 1.29 is 0 Å². The molecule has 1 N–H and O–H groups in total. The average Bonchev–Trinajstić information content (AvgIpc) is 2.28. The summed E-state index contributed by atoms with van der Waals surface area (Å²) >= 11 is 0. The third kappa shape index (κ3) is 6.04. The Morgan fingerprint density at radius 3 is 2.61 bits per heavy atom. The molecule has 1 aliphatic rings. The van der Waals surface area contributed by atoms with Crippen molar-refractivity contribution >= 4 is 0 Å². The SMILES string of the molecule is C=C(C)CCC1CC(C)CCC1CNCC(C)C. The van der Waals surface area contributed by atoms with Crippen LogP contribution < -0.4 is 5.32 Å². The normalized spacial score (nSPS) is 28.6. The van der Waals surface area contributed by atoms with E-state index in [0.29, 0.717) is 0 Å². The van der Waals surface area contributed by atoms with Gasteiger partial charge in [-0.25, -0.2) is 0 Å². The smallest absolute Gasteiger partial charge is 0.00178 e. The summed E-state index contributed by atoms with van der Waals surface area (Å²) < 4.78 is 0. The average molecular weight is 251 g/mol. The molecule has 3 unspecified atom stereocenters. The monoisotopic (exact) mass is 251 g/mol. The lowest BCUT2D eigenvalue weighted by Gasteiger charge is -2.35. The predicted molar refractivity (Wildman–Crippen MR) is 81.8 cm³/mol. The van der Waals surface area contributed by atoms with Crippen molar-refractivity contribution in [3.05, 3.63) is 12.2 Å². The summed E-state index contributed by atoms with van der Waals surface area (Å²) in [7, 11) is 0. The molecule has 0 saturated heterocycles. The molecule has 1 rings (SSSR count). The molecule has 0 heterocycles. The van der Waals surface area contributed by atoms with Crippen molar-refractivity contribution in [3.8, 4) is 0 Å². The van der Waals surface area contributed by atoms with E-state index in [4.69, 9.17) is 0 Å². The van der Waals surface area contributed by atoms with E-state index in [0.717, 1.165) is 23.7 Å². The van der Waals surface area contributed by atoms with Crippen LogP contribution in [0.1, 0.15) is 59.8 Å². The molecule has 0 aliphatic heterocycles. The molecule has 0 aromatic carbocycles. The van der Waals surface area contributed by atoms with E-state index in [1.165, 1.54) is 50.8 Å². The van der Waals surface area contributed by atoms with Gasteiger partial charge < -0.3 is 5.32 Å². The third-order valence-electron chi connectivity index (χ3n) is 4.30. The van der Waals surface area contributed by atoms with Crippen LogP contribution in [-0.2, 0) is 0 Å². The highest BCUT2D eigenvalue weighted by molar-refractivity contribution is 4.90. The highest BCUT2D eigenvalue weighted by Gasteiger charge is 2.27. The van der Waals surface area contributed by atoms with Crippen LogP contribution in [0, 0.1) is 23.7 Å². The van der Waals surface area contributed by atoms with E-state index < -0.39 is 0 Å². The van der Waals surface area contributed by atoms with Crippen LogP contribution in [0.3, 0.4) is 0 Å². The first-order valence-electron chi connectivity index (χ1n) is 7.84. The Morgan fingerprint density at radius 1 is 1.28 bits per heavy atom. The number of hydrogen-bond donors (Lipinski definition) is 1. The van der Waals surface area contributed by atoms with Gasteiger partial charge in [0.05, 0.1) is 0 Å². The summed E-state index contributed by atoms with van der Waals surface area (Å²) in [6.45, 7) is 15.6. The van der Waals surface area contributed by atoms with Gasteiger partial charge in [-0.2, -0.15) is 0 Å². The zero-order valence-corrected chi connectivity index (χ0v) is 13.0. The van der Waals surface area contributed by atoms with Crippen molar-refractivity contribution in [3.63, 3.8) is 0 Å². The van der Waals surface area contributed by atoms with Gasteiger partial charge in [0, 0.05) is 0 Å². The minimum Gasteiger partial charge on any atom is -0.316 e. The Bertz CT molecular complexity index is 244. The lowest BCUT2D eigenvalue weighted by atomic mass is 9.72. The van der Waals surface area contributed by atoms with E-state index in [2.05, 4.69) is 39.6 Å². The second kappa shape index (κ2) is 7.99. The van der Waals surface area contributed by atoms with Crippen LogP contribution in [0.4, 0.5) is 0 Å². The van der Waals surface area contributed by atoms with Crippen LogP contribution in [0.5, 0.6) is 0 Å². The van der Waals surface area contributed by atoms with Gasteiger partial charge in [0.1, 0.15) is 0 Å². The first kappa shape index (κ1) is 15.8. The minimum atomic E-state index is 0.765. The molecule has 1 nitrogen and oxygen atoms in total. The zero-order chi connectivity index (χ0) is 13.5. The van der Waals surface area contributed by atoms with Crippen molar-refractivity contribution in [2.75, 3.05) is 13.1 Å². The number of rotatable bonds is 7. The molecular formula is C17H33N. The molecular weight excluding hydrogens is 218 g/mol. The van der Waals surface area contributed by atoms with Gasteiger partial charge in [-0.05, 0) is 69.4 Å². The van der Waals surface area contributed by atoms with E-state index in [9.17, 15) is 0 Å². The van der Waals surface area contributed by atoms with E-state index in [1.807, 2.05) is 0 Å². The summed E-state index contributed by atoms with van der Waals surface area (Å²) in [6.07, 6.45) is 6.86. The summed E-state index contributed by atoms with van der Waals surface area (Å²) in [6, 6.07) is 0. The molecule has 106 valence electrons. The third-order valence-corrected chi connectivity index (χ3v) is 4.30. The molecule has 0 amide bonds. The van der Waals surface area contributed by atoms with Gasteiger partial charge in [-0.1, -0.05) is 32.8 Å². The molecule has 1 heteroatoms. The first-order valence-corrected chi connectivity index (χ1v) is 7.84. The molecule has 0 spiro atoms. The molecule has 0 radical (unpaired) electrons. The highest BCUT2D eigenvalue weighted by Crippen LogP contribution is 2.36. The summed E-state index contributed by atoms with van der Waals surface area (Å²) in [5, 5.41) is 3.66. The second-order valence-corrected chi connectivity index (χ2v) is 6.99. The Morgan fingerprint density at radius 2 is 2.00 bits per heavy atom. The summed E-state index contributed by atoms with van der Waals surface area (Å²) in [4.78, 5) is 0. The predicted octanol–water partition coefficient (Wildman–Crippen LogP) is 4.64. The maximum absolute atomic E-state index is 4.05. The standard InChI is InChI=1S/C17H33N/c1-13(2)6-8-16-10-15(5)7-9-17(16)12-18-11-14(3)4/h14-18H,1,6-12H2,2-5H3. The van der Waals surface area contributed by atoms with Gasteiger partial charge in [0.15, 0.2) is 0 Å². The second-order valence-electron chi connectivity index (χ2n) is 6.99. The lowest BCUT2D eigenvalue weighted by molar-refractivity contribution is 0.174. The molecule has 1 saturated carbocycles.